The second kappa shape index (κ2) is 8.71. The van der Waals surface area contributed by atoms with Gasteiger partial charge in [-0.2, -0.15) is 0 Å². The molecule has 0 saturated carbocycles. The van der Waals surface area contributed by atoms with Crippen LogP contribution in [0.1, 0.15) is 13.3 Å². The number of ether oxygens (including phenoxy) is 2. The maximum Gasteiger partial charge on any atom is 0.322 e. The van der Waals surface area contributed by atoms with Gasteiger partial charge in [-0.25, -0.2) is 4.79 Å². The number of morpholine rings is 1. The first-order valence-corrected chi connectivity index (χ1v) is 8.92. The van der Waals surface area contributed by atoms with Crippen molar-refractivity contribution < 1.29 is 19.1 Å². The van der Waals surface area contributed by atoms with Crippen molar-refractivity contribution in [3.05, 3.63) is 35.9 Å². The monoisotopic (exact) mass is 359 g/mol. The molecule has 0 bridgehead atoms. The van der Waals surface area contributed by atoms with Crippen LogP contribution < -0.4 is 10.1 Å². The first kappa shape index (κ1) is 18.3. The zero-order valence-corrected chi connectivity index (χ0v) is 15.1. The SMILES string of the molecule is CC1=CCN(C(=O)Nc2cccc(OCC(=O)N3CCOCC3)c2)CC1. The fourth-order valence-corrected chi connectivity index (χ4v) is 2.87. The van der Waals surface area contributed by atoms with Crippen molar-refractivity contribution in [3.8, 4) is 5.75 Å². The lowest BCUT2D eigenvalue weighted by atomic mass is 10.1. The van der Waals surface area contributed by atoms with Crippen molar-refractivity contribution in [3.63, 3.8) is 0 Å². The third-order valence-corrected chi connectivity index (χ3v) is 4.53. The Labute approximate surface area is 153 Å². The van der Waals surface area contributed by atoms with Crippen LogP contribution in [0.2, 0.25) is 0 Å². The van der Waals surface area contributed by atoms with Gasteiger partial charge >= 0.3 is 6.03 Å². The molecular formula is C19H25N3O4. The van der Waals surface area contributed by atoms with E-state index in [0.29, 0.717) is 44.3 Å². The molecule has 0 spiro atoms. The molecule has 2 aliphatic heterocycles. The van der Waals surface area contributed by atoms with Gasteiger partial charge in [0, 0.05) is 37.9 Å². The summed E-state index contributed by atoms with van der Waals surface area (Å²) in [5.74, 6) is 0.497. The molecule has 0 atom stereocenters. The van der Waals surface area contributed by atoms with Crippen LogP contribution in [0.15, 0.2) is 35.9 Å². The van der Waals surface area contributed by atoms with Crippen LogP contribution in [0.4, 0.5) is 10.5 Å². The number of carbonyl (C=O) groups is 2. The van der Waals surface area contributed by atoms with E-state index in [4.69, 9.17) is 9.47 Å². The third-order valence-electron chi connectivity index (χ3n) is 4.53. The van der Waals surface area contributed by atoms with Gasteiger partial charge in [-0.3, -0.25) is 4.79 Å². The summed E-state index contributed by atoms with van der Waals surface area (Å²) < 4.78 is 10.8. The molecule has 1 N–H and O–H groups in total. The lowest BCUT2D eigenvalue weighted by molar-refractivity contribution is -0.137. The van der Waals surface area contributed by atoms with E-state index in [1.807, 2.05) is 0 Å². The van der Waals surface area contributed by atoms with Crippen molar-refractivity contribution in [2.45, 2.75) is 13.3 Å². The summed E-state index contributed by atoms with van der Waals surface area (Å²) in [5.41, 5.74) is 1.96. The molecule has 7 nitrogen and oxygen atoms in total. The van der Waals surface area contributed by atoms with E-state index in [9.17, 15) is 9.59 Å². The van der Waals surface area contributed by atoms with Crippen LogP contribution in [-0.4, -0.2) is 67.7 Å². The van der Waals surface area contributed by atoms with Gasteiger partial charge in [-0.05, 0) is 25.5 Å². The maximum atomic E-state index is 12.3. The Balaban J connectivity index is 1.51. The molecule has 0 aliphatic carbocycles. The molecule has 26 heavy (non-hydrogen) atoms. The quantitative estimate of drug-likeness (QED) is 0.836. The highest BCUT2D eigenvalue weighted by molar-refractivity contribution is 5.89. The number of nitrogens with zero attached hydrogens (tertiary/aromatic N) is 2. The Morgan fingerprint density at radius 3 is 2.73 bits per heavy atom. The number of benzene rings is 1. The number of anilines is 1. The molecule has 3 amide bonds. The number of amides is 3. The second-order valence-electron chi connectivity index (χ2n) is 6.49. The topological polar surface area (TPSA) is 71.1 Å². The Kier molecular flexibility index (Phi) is 6.12. The van der Waals surface area contributed by atoms with Crippen LogP contribution in [0, 0.1) is 0 Å². The lowest BCUT2D eigenvalue weighted by Crippen LogP contribution is -2.42. The van der Waals surface area contributed by atoms with Crippen LogP contribution in [0.3, 0.4) is 0 Å². The molecule has 1 saturated heterocycles. The number of urea groups is 1. The van der Waals surface area contributed by atoms with Gasteiger partial charge in [-0.1, -0.05) is 17.7 Å². The summed E-state index contributed by atoms with van der Waals surface area (Å²) >= 11 is 0. The maximum absolute atomic E-state index is 12.3. The minimum absolute atomic E-state index is 0.0202. The molecule has 0 aromatic heterocycles. The normalized spacial score (nSPS) is 17.5. The molecule has 1 fully saturated rings. The Morgan fingerprint density at radius 2 is 2.00 bits per heavy atom. The number of nitrogens with one attached hydrogen (secondary N) is 1. The zero-order valence-electron chi connectivity index (χ0n) is 15.1. The van der Waals surface area contributed by atoms with E-state index in [-0.39, 0.29) is 18.5 Å². The zero-order chi connectivity index (χ0) is 18.4. The van der Waals surface area contributed by atoms with Crippen LogP contribution in [0.5, 0.6) is 5.75 Å². The van der Waals surface area contributed by atoms with Crippen molar-refractivity contribution in [2.24, 2.45) is 0 Å². The number of rotatable bonds is 4. The van der Waals surface area contributed by atoms with Crippen LogP contribution >= 0.6 is 0 Å². The summed E-state index contributed by atoms with van der Waals surface area (Å²) in [6.45, 7) is 5.74. The van der Waals surface area contributed by atoms with E-state index in [1.54, 1.807) is 34.1 Å². The summed E-state index contributed by atoms with van der Waals surface area (Å²) in [7, 11) is 0. The molecule has 1 aromatic rings. The van der Waals surface area contributed by atoms with E-state index in [1.165, 1.54) is 5.57 Å². The molecular weight excluding hydrogens is 334 g/mol. The smallest absolute Gasteiger partial charge is 0.322 e. The predicted molar refractivity (Wildman–Crippen MR) is 98.3 cm³/mol. The number of hydrogen-bond acceptors (Lipinski definition) is 4. The summed E-state index contributed by atoms with van der Waals surface area (Å²) in [4.78, 5) is 28.0. The fourth-order valence-electron chi connectivity index (χ4n) is 2.87. The van der Waals surface area contributed by atoms with Gasteiger partial charge in [0.05, 0.1) is 13.2 Å². The lowest BCUT2D eigenvalue weighted by Gasteiger charge is -2.26. The highest BCUT2D eigenvalue weighted by Crippen LogP contribution is 2.19. The van der Waals surface area contributed by atoms with Crippen molar-refractivity contribution >= 4 is 17.6 Å². The van der Waals surface area contributed by atoms with Crippen molar-refractivity contribution in [2.75, 3.05) is 51.3 Å². The fraction of sp³-hybridized carbons (Fsp3) is 0.474. The summed E-state index contributed by atoms with van der Waals surface area (Å²) in [6.07, 6.45) is 2.97. The Morgan fingerprint density at radius 1 is 1.19 bits per heavy atom. The first-order chi connectivity index (χ1) is 12.6. The largest absolute Gasteiger partial charge is 0.484 e. The van der Waals surface area contributed by atoms with E-state index in [2.05, 4.69) is 18.3 Å². The van der Waals surface area contributed by atoms with Gasteiger partial charge in [-0.15, -0.1) is 0 Å². The Bertz CT molecular complexity index is 683. The van der Waals surface area contributed by atoms with Gasteiger partial charge in [0.2, 0.25) is 0 Å². The molecule has 0 radical (unpaired) electrons. The average Bonchev–Trinajstić information content (AvgIpc) is 2.67. The Hall–Kier alpha value is -2.54. The van der Waals surface area contributed by atoms with Crippen LogP contribution in [-0.2, 0) is 9.53 Å². The predicted octanol–water partition coefficient (Wildman–Crippen LogP) is 2.11. The van der Waals surface area contributed by atoms with Crippen molar-refractivity contribution in [1.29, 1.82) is 0 Å². The number of carbonyl (C=O) groups excluding carboxylic acids is 2. The van der Waals surface area contributed by atoms with Gasteiger partial charge in [0.1, 0.15) is 5.75 Å². The van der Waals surface area contributed by atoms with E-state index < -0.39 is 0 Å². The van der Waals surface area contributed by atoms with Crippen molar-refractivity contribution in [1.82, 2.24) is 9.80 Å². The third kappa shape index (κ3) is 4.98. The second-order valence-corrected chi connectivity index (χ2v) is 6.49. The van der Waals surface area contributed by atoms with Gasteiger partial charge in [0.15, 0.2) is 6.61 Å². The molecule has 2 aliphatic rings. The minimum Gasteiger partial charge on any atom is -0.484 e. The molecule has 2 heterocycles. The standard InChI is InChI=1S/C19H25N3O4/c1-15-5-7-22(8-6-15)19(24)20-16-3-2-4-17(13-16)26-14-18(23)21-9-11-25-12-10-21/h2-5,13H,6-12,14H2,1H3,(H,20,24). The summed E-state index contributed by atoms with van der Waals surface area (Å²) in [6, 6.07) is 6.98. The highest BCUT2D eigenvalue weighted by Gasteiger charge is 2.18. The average molecular weight is 359 g/mol. The first-order valence-electron chi connectivity index (χ1n) is 8.92. The molecule has 7 heteroatoms. The molecule has 140 valence electrons. The molecule has 0 unspecified atom stereocenters. The highest BCUT2D eigenvalue weighted by atomic mass is 16.5. The minimum atomic E-state index is -0.129. The van der Waals surface area contributed by atoms with Crippen LogP contribution in [0.25, 0.3) is 0 Å². The molecule has 3 rings (SSSR count). The van der Waals surface area contributed by atoms with Gasteiger partial charge in [0.25, 0.3) is 5.91 Å². The molecule has 1 aromatic carbocycles. The van der Waals surface area contributed by atoms with E-state index >= 15 is 0 Å². The summed E-state index contributed by atoms with van der Waals surface area (Å²) in [5, 5.41) is 2.88. The number of hydrogen-bond donors (Lipinski definition) is 1. The van der Waals surface area contributed by atoms with Gasteiger partial charge < -0.3 is 24.6 Å². The van der Waals surface area contributed by atoms with E-state index in [0.717, 1.165) is 13.0 Å².